The van der Waals surface area contributed by atoms with Crippen molar-refractivity contribution in [1.29, 1.82) is 0 Å². The molecule has 0 saturated carbocycles. The molecule has 5 nitrogen and oxygen atoms in total. The van der Waals surface area contributed by atoms with Crippen LogP contribution in [0.2, 0.25) is 0 Å². The molecule has 0 radical (unpaired) electrons. The topological polar surface area (TPSA) is 71.8 Å². The Morgan fingerprint density at radius 1 is 1.10 bits per heavy atom. The summed E-state index contributed by atoms with van der Waals surface area (Å²) in [5, 5.41) is 3.91. The Kier molecular flexibility index (Phi) is 3.17. The van der Waals surface area contributed by atoms with Gasteiger partial charge in [-0.2, -0.15) is 0 Å². The predicted molar refractivity (Wildman–Crippen MR) is 80.0 cm³/mol. The number of nitrogens with one attached hydrogen (secondary N) is 1. The van der Waals surface area contributed by atoms with E-state index >= 15 is 0 Å². The first-order chi connectivity index (χ1) is 10.1. The molecule has 0 atom stereocenters. The first-order valence-corrected chi connectivity index (χ1v) is 6.67. The maximum Gasteiger partial charge on any atom is 0.254 e. The normalized spacial score (nSPS) is 10.8. The zero-order chi connectivity index (χ0) is 15.0. The molecule has 0 bridgehead atoms. The first-order valence-electron chi connectivity index (χ1n) is 6.67. The average molecular weight is 281 g/mol. The Morgan fingerprint density at radius 3 is 2.43 bits per heavy atom. The minimum absolute atomic E-state index is 0.154. The molecule has 5 heteroatoms. The van der Waals surface area contributed by atoms with Crippen molar-refractivity contribution >= 4 is 0 Å². The Bertz CT molecular complexity index is 828. The number of benzene rings is 1. The molecule has 2 heterocycles. The summed E-state index contributed by atoms with van der Waals surface area (Å²) >= 11 is 0. The summed E-state index contributed by atoms with van der Waals surface area (Å²) in [6.45, 7) is 5.40. The van der Waals surface area contributed by atoms with Crippen molar-refractivity contribution in [2.24, 2.45) is 0 Å². The van der Waals surface area contributed by atoms with Crippen molar-refractivity contribution in [3.05, 3.63) is 57.7 Å². The molecule has 0 aliphatic rings. The van der Waals surface area contributed by atoms with Crippen molar-refractivity contribution < 1.29 is 4.52 Å². The monoisotopic (exact) mass is 281 g/mol. The van der Waals surface area contributed by atoms with Gasteiger partial charge in [-0.1, -0.05) is 35.5 Å². The van der Waals surface area contributed by atoms with E-state index in [9.17, 15) is 4.79 Å². The van der Waals surface area contributed by atoms with Gasteiger partial charge in [0.25, 0.3) is 5.56 Å². The molecule has 0 aliphatic carbocycles. The van der Waals surface area contributed by atoms with Gasteiger partial charge in [0.05, 0.1) is 17.0 Å². The van der Waals surface area contributed by atoms with Crippen LogP contribution in [-0.2, 0) is 0 Å². The standard InChI is InChI=1S/C16H15N3O2/c1-9-14(12-7-5-4-6-8-12)17-15(18-16(9)20)13-10(2)19-21-11(13)3/h4-8H,1-3H3,(H,17,18,20). The van der Waals surface area contributed by atoms with Gasteiger partial charge < -0.3 is 9.51 Å². The van der Waals surface area contributed by atoms with E-state index in [1.54, 1.807) is 13.8 Å². The van der Waals surface area contributed by atoms with Crippen LogP contribution in [0.4, 0.5) is 0 Å². The van der Waals surface area contributed by atoms with Crippen molar-refractivity contribution in [2.45, 2.75) is 20.8 Å². The molecule has 0 spiro atoms. The molecular weight excluding hydrogens is 266 g/mol. The van der Waals surface area contributed by atoms with Crippen molar-refractivity contribution in [3.8, 4) is 22.6 Å². The van der Waals surface area contributed by atoms with E-state index in [1.165, 1.54) is 0 Å². The van der Waals surface area contributed by atoms with Gasteiger partial charge in [0.1, 0.15) is 11.6 Å². The van der Waals surface area contributed by atoms with Gasteiger partial charge in [-0.05, 0) is 20.8 Å². The number of nitrogens with zero attached hydrogens (tertiary/aromatic N) is 2. The van der Waals surface area contributed by atoms with Crippen LogP contribution in [0.3, 0.4) is 0 Å². The molecule has 0 aliphatic heterocycles. The minimum Gasteiger partial charge on any atom is -0.361 e. The zero-order valence-corrected chi connectivity index (χ0v) is 12.1. The fourth-order valence-electron chi connectivity index (χ4n) is 2.35. The van der Waals surface area contributed by atoms with Crippen LogP contribution in [0, 0.1) is 20.8 Å². The van der Waals surface area contributed by atoms with Crippen molar-refractivity contribution in [3.63, 3.8) is 0 Å². The van der Waals surface area contributed by atoms with Gasteiger partial charge in [-0.25, -0.2) is 4.98 Å². The summed E-state index contributed by atoms with van der Waals surface area (Å²) in [5.41, 5.74) is 3.47. The Morgan fingerprint density at radius 2 is 1.81 bits per heavy atom. The van der Waals surface area contributed by atoms with E-state index in [0.717, 1.165) is 11.1 Å². The van der Waals surface area contributed by atoms with E-state index in [0.29, 0.717) is 28.5 Å². The molecule has 2 aromatic heterocycles. The Labute approximate surface area is 121 Å². The molecule has 0 amide bonds. The molecular formula is C16H15N3O2. The zero-order valence-electron chi connectivity index (χ0n) is 12.1. The quantitative estimate of drug-likeness (QED) is 0.783. The van der Waals surface area contributed by atoms with Crippen molar-refractivity contribution in [1.82, 2.24) is 15.1 Å². The third-order valence-corrected chi connectivity index (χ3v) is 3.47. The maximum absolute atomic E-state index is 12.2. The predicted octanol–water partition coefficient (Wildman–Crippen LogP) is 3.02. The minimum atomic E-state index is -0.154. The summed E-state index contributed by atoms with van der Waals surface area (Å²) in [6, 6.07) is 9.65. The smallest absolute Gasteiger partial charge is 0.254 e. The Balaban J connectivity index is 2.27. The lowest BCUT2D eigenvalue weighted by Gasteiger charge is -2.07. The largest absolute Gasteiger partial charge is 0.361 e. The highest BCUT2D eigenvalue weighted by Crippen LogP contribution is 2.26. The van der Waals surface area contributed by atoms with Crippen LogP contribution in [-0.4, -0.2) is 15.1 Å². The third kappa shape index (κ3) is 2.27. The molecule has 0 fully saturated rings. The highest BCUT2D eigenvalue weighted by Gasteiger charge is 2.17. The maximum atomic E-state index is 12.2. The van der Waals surface area contributed by atoms with Gasteiger partial charge in [0, 0.05) is 11.1 Å². The van der Waals surface area contributed by atoms with Crippen LogP contribution in [0.1, 0.15) is 17.0 Å². The summed E-state index contributed by atoms with van der Waals surface area (Å²) in [7, 11) is 0. The van der Waals surface area contributed by atoms with E-state index < -0.39 is 0 Å². The van der Waals surface area contributed by atoms with Gasteiger partial charge in [0.15, 0.2) is 0 Å². The average Bonchev–Trinajstić information content (AvgIpc) is 2.82. The second-order valence-corrected chi connectivity index (χ2v) is 4.95. The summed E-state index contributed by atoms with van der Waals surface area (Å²) in [6.07, 6.45) is 0. The molecule has 0 saturated heterocycles. The highest BCUT2D eigenvalue weighted by atomic mass is 16.5. The molecule has 0 unspecified atom stereocenters. The summed E-state index contributed by atoms with van der Waals surface area (Å²) in [5.74, 6) is 1.12. The van der Waals surface area contributed by atoms with Gasteiger partial charge in [0.2, 0.25) is 0 Å². The van der Waals surface area contributed by atoms with Crippen LogP contribution in [0.25, 0.3) is 22.6 Å². The number of rotatable bonds is 2. The molecule has 106 valence electrons. The molecule has 3 rings (SSSR count). The lowest BCUT2D eigenvalue weighted by molar-refractivity contribution is 0.393. The lowest BCUT2D eigenvalue weighted by atomic mass is 10.1. The lowest BCUT2D eigenvalue weighted by Crippen LogP contribution is -2.14. The number of aromatic amines is 1. The molecule has 21 heavy (non-hydrogen) atoms. The van der Waals surface area contributed by atoms with E-state index in [1.807, 2.05) is 37.3 Å². The highest BCUT2D eigenvalue weighted by molar-refractivity contribution is 5.67. The fourth-order valence-corrected chi connectivity index (χ4v) is 2.35. The number of aryl methyl sites for hydroxylation is 2. The third-order valence-electron chi connectivity index (χ3n) is 3.47. The number of hydrogen-bond acceptors (Lipinski definition) is 4. The Hall–Kier alpha value is -2.69. The fraction of sp³-hybridized carbons (Fsp3) is 0.188. The number of H-pyrrole nitrogens is 1. The number of aromatic nitrogens is 3. The van der Waals surface area contributed by atoms with Crippen LogP contribution in [0.15, 0.2) is 39.6 Å². The second-order valence-electron chi connectivity index (χ2n) is 4.95. The van der Waals surface area contributed by atoms with Gasteiger partial charge in [-0.15, -0.1) is 0 Å². The van der Waals surface area contributed by atoms with Crippen LogP contribution in [0.5, 0.6) is 0 Å². The molecule has 1 aromatic carbocycles. The van der Waals surface area contributed by atoms with E-state index in [-0.39, 0.29) is 5.56 Å². The molecule has 3 aromatic rings. The number of hydrogen-bond donors (Lipinski definition) is 1. The first kappa shape index (κ1) is 13.3. The SMILES string of the molecule is Cc1noc(C)c1-c1nc(-c2ccccc2)c(C)c(=O)[nH]1. The van der Waals surface area contributed by atoms with Gasteiger partial charge in [-0.3, -0.25) is 4.79 Å². The van der Waals surface area contributed by atoms with Crippen LogP contribution < -0.4 is 5.56 Å². The second kappa shape index (κ2) is 5.01. The van der Waals surface area contributed by atoms with Crippen molar-refractivity contribution in [2.75, 3.05) is 0 Å². The molecule has 1 N–H and O–H groups in total. The van der Waals surface area contributed by atoms with E-state index in [4.69, 9.17) is 4.52 Å². The summed E-state index contributed by atoms with van der Waals surface area (Å²) < 4.78 is 5.15. The van der Waals surface area contributed by atoms with Gasteiger partial charge >= 0.3 is 0 Å². The van der Waals surface area contributed by atoms with Crippen LogP contribution >= 0.6 is 0 Å². The summed E-state index contributed by atoms with van der Waals surface area (Å²) in [4.78, 5) is 19.6. The van der Waals surface area contributed by atoms with E-state index in [2.05, 4.69) is 15.1 Å².